The Kier molecular flexibility index (Phi) is 3.10. The summed E-state index contributed by atoms with van der Waals surface area (Å²) in [6, 6.07) is 0.222. The van der Waals surface area contributed by atoms with E-state index >= 15 is 0 Å². The van der Waals surface area contributed by atoms with Gasteiger partial charge in [-0.25, -0.2) is 0 Å². The maximum Gasteiger partial charge on any atom is 0.226 e. The number of carbonyl (C=O) groups excluding carboxylic acids is 1. The van der Waals surface area contributed by atoms with E-state index in [1.807, 2.05) is 0 Å². The molecule has 2 atom stereocenters. The van der Waals surface area contributed by atoms with E-state index in [0.717, 1.165) is 62.7 Å². The zero-order valence-electron chi connectivity index (χ0n) is 12.3. The number of carbonyl (C=O) groups is 1. The molecule has 0 radical (unpaired) electrons. The molecule has 5 aliphatic carbocycles. The van der Waals surface area contributed by atoms with Crippen LogP contribution in [0.5, 0.6) is 0 Å². The molecule has 0 aromatic carbocycles. The molecule has 3 heteroatoms. The van der Waals surface area contributed by atoms with E-state index in [1.54, 1.807) is 0 Å². The van der Waals surface area contributed by atoms with Crippen molar-refractivity contribution in [3.05, 3.63) is 0 Å². The molecule has 5 aliphatic rings. The summed E-state index contributed by atoms with van der Waals surface area (Å²) in [4.78, 5) is 12.9. The van der Waals surface area contributed by atoms with E-state index in [1.165, 1.54) is 19.3 Å². The molecular formula is C17H27NO2. The number of amides is 1. The van der Waals surface area contributed by atoms with Gasteiger partial charge in [-0.15, -0.1) is 0 Å². The number of aliphatic hydroxyl groups is 1. The van der Waals surface area contributed by atoms with Gasteiger partial charge < -0.3 is 10.4 Å². The van der Waals surface area contributed by atoms with Gasteiger partial charge in [0, 0.05) is 11.5 Å². The normalized spacial score (nSPS) is 50.1. The zero-order chi connectivity index (χ0) is 13.7. The molecule has 5 rings (SSSR count). The van der Waals surface area contributed by atoms with Crippen molar-refractivity contribution >= 4 is 5.91 Å². The first kappa shape index (κ1) is 13.1. The molecule has 5 fully saturated rings. The number of rotatable bonds is 2. The van der Waals surface area contributed by atoms with Crippen LogP contribution in [0.15, 0.2) is 0 Å². The van der Waals surface area contributed by atoms with Crippen molar-refractivity contribution in [1.29, 1.82) is 0 Å². The minimum Gasteiger partial charge on any atom is -0.393 e. The number of aliphatic hydroxyl groups excluding tert-OH is 1. The van der Waals surface area contributed by atoms with Crippen molar-refractivity contribution in [2.45, 2.75) is 76.4 Å². The van der Waals surface area contributed by atoms with E-state index in [2.05, 4.69) is 5.32 Å². The van der Waals surface area contributed by atoms with Crippen molar-refractivity contribution in [2.75, 3.05) is 0 Å². The average molecular weight is 277 g/mol. The summed E-state index contributed by atoms with van der Waals surface area (Å²) in [6.07, 6.45) is 11.1. The Morgan fingerprint density at radius 1 is 0.950 bits per heavy atom. The second-order valence-electron chi connectivity index (χ2n) is 8.19. The minimum absolute atomic E-state index is 0.0306. The van der Waals surface area contributed by atoms with E-state index in [4.69, 9.17) is 0 Å². The Morgan fingerprint density at radius 2 is 1.55 bits per heavy atom. The topological polar surface area (TPSA) is 49.3 Å². The lowest BCUT2D eigenvalue weighted by atomic mass is 9.49. The number of nitrogens with one attached hydrogen (secondary N) is 1. The highest BCUT2D eigenvalue weighted by Crippen LogP contribution is 2.60. The smallest absolute Gasteiger partial charge is 0.226 e. The van der Waals surface area contributed by atoms with Gasteiger partial charge in [-0.1, -0.05) is 0 Å². The summed E-state index contributed by atoms with van der Waals surface area (Å²) in [5, 5.41) is 13.1. The SMILES string of the molecule is O=C(N[C@H]1CCC[C@@H](O)C1)C12CC3CC(CC(C3)C1)C2. The van der Waals surface area contributed by atoms with Gasteiger partial charge in [-0.2, -0.15) is 0 Å². The van der Waals surface area contributed by atoms with Crippen molar-refractivity contribution in [2.24, 2.45) is 23.2 Å². The van der Waals surface area contributed by atoms with Crippen LogP contribution in [-0.2, 0) is 4.79 Å². The molecule has 0 saturated heterocycles. The lowest BCUT2D eigenvalue weighted by Gasteiger charge is -2.56. The molecule has 112 valence electrons. The molecule has 0 aromatic heterocycles. The maximum absolute atomic E-state index is 12.9. The van der Waals surface area contributed by atoms with Crippen LogP contribution in [-0.4, -0.2) is 23.2 Å². The minimum atomic E-state index is -0.203. The Balaban J connectivity index is 1.45. The average Bonchev–Trinajstić information content (AvgIpc) is 2.37. The third kappa shape index (κ3) is 2.18. The summed E-state index contributed by atoms with van der Waals surface area (Å²) in [7, 11) is 0. The highest BCUT2D eigenvalue weighted by molar-refractivity contribution is 5.83. The largest absolute Gasteiger partial charge is 0.393 e. The second kappa shape index (κ2) is 4.72. The van der Waals surface area contributed by atoms with Crippen LogP contribution in [0.3, 0.4) is 0 Å². The van der Waals surface area contributed by atoms with Gasteiger partial charge in [0.25, 0.3) is 0 Å². The van der Waals surface area contributed by atoms with Crippen LogP contribution in [0.4, 0.5) is 0 Å². The van der Waals surface area contributed by atoms with Crippen LogP contribution in [0.1, 0.15) is 64.2 Å². The first-order valence-corrected chi connectivity index (χ1v) is 8.62. The lowest BCUT2D eigenvalue weighted by Crippen LogP contribution is -2.55. The Hall–Kier alpha value is -0.570. The van der Waals surface area contributed by atoms with Crippen molar-refractivity contribution in [3.8, 4) is 0 Å². The van der Waals surface area contributed by atoms with Gasteiger partial charge in [0.05, 0.1) is 6.10 Å². The molecule has 0 unspecified atom stereocenters. The third-order valence-corrected chi connectivity index (χ3v) is 6.50. The van der Waals surface area contributed by atoms with E-state index < -0.39 is 0 Å². The van der Waals surface area contributed by atoms with Crippen molar-refractivity contribution in [1.82, 2.24) is 5.32 Å². The fourth-order valence-electron chi connectivity index (χ4n) is 6.02. The Labute approximate surface area is 121 Å². The molecule has 2 N–H and O–H groups in total. The first-order valence-electron chi connectivity index (χ1n) is 8.62. The van der Waals surface area contributed by atoms with Crippen LogP contribution in [0.2, 0.25) is 0 Å². The highest BCUT2D eigenvalue weighted by atomic mass is 16.3. The van der Waals surface area contributed by atoms with Crippen LogP contribution >= 0.6 is 0 Å². The van der Waals surface area contributed by atoms with Gasteiger partial charge in [0.15, 0.2) is 0 Å². The molecule has 0 aliphatic heterocycles. The number of hydrogen-bond donors (Lipinski definition) is 2. The molecule has 0 spiro atoms. The number of hydrogen-bond acceptors (Lipinski definition) is 2. The molecule has 4 bridgehead atoms. The molecule has 0 aromatic rings. The third-order valence-electron chi connectivity index (χ3n) is 6.50. The van der Waals surface area contributed by atoms with Gasteiger partial charge in [0.1, 0.15) is 0 Å². The van der Waals surface area contributed by atoms with Crippen LogP contribution < -0.4 is 5.32 Å². The lowest BCUT2D eigenvalue weighted by molar-refractivity contribution is -0.147. The van der Waals surface area contributed by atoms with E-state index in [-0.39, 0.29) is 17.6 Å². The van der Waals surface area contributed by atoms with Crippen molar-refractivity contribution < 1.29 is 9.90 Å². The summed E-state index contributed by atoms with van der Waals surface area (Å²) >= 11 is 0. The van der Waals surface area contributed by atoms with E-state index in [9.17, 15) is 9.90 Å². The molecular weight excluding hydrogens is 250 g/mol. The molecule has 1 amide bonds. The summed E-state index contributed by atoms with van der Waals surface area (Å²) in [6.45, 7) is 0. The molecule has 3 nitrogen and oxygen atoms in total. The Bertz CT molecular complexity index is 371. The fourth-order valence-corrected chi connectivity index (χ4v) is 6.02. The predicted molar refractivity (Wildman–Crippen MR) is 77.0 cm³/mol. The van der Waals surface area contributed by atoms with Gasteiger partial charge in [-0.05, 0) is 82.0 Å². The van der Waals surface area contributed by atoms with Gasteiger partial charge in [-0.3, -0.25) is 4.79 Å². The first-order chi connectivity index (χ1) is 9.63. The second-order valence-corrected chi connectivity index (χ2v) is 8.19. The van der Waals surface area contributed by atoms with Crippen LogP contribution in [0, 0.1) is 23.2 Å². The maximum atomic E-state index is 12.9. The summed E-state index contributed by atoms with van der Waals surface area (Å²) < 4.78 is 0. The fraction of sp³-hybridized carbons (Fsp3) is 0.941. The monoisotopic (exact) mass is 277 g/mol. The summed E-state index contributed by atoms with van der Waals surface area (Å²) in [5.41, 5.74) is -0.0306. The van der Waals surface area contributed by atoms with Gasteiger partial charge >= 0.3 is 0 Å². The molecule has 20 heavy (non-hydrogen) atoms. The molecule has 0 heterocycles. The zero-order valence-corrected chi connectivity index (χ0v) is 12.3. The van der Waals surface area contributed by atoms with Crippen LogP contribution in [0.25, 0.3) is 0 Å². The van der Waals surface area contributed by atoms with Crippen molar-refractivity contribution in [3.63, 3.8) is 0 Å². The summed E-state index contributed by atoms with van der Waals surface area (Å²) in [5.74, 6) is 2.80. The Morgan fingerprint density at radius 3 is 2.10 bits per heavy atom. The molecule has 5 saturated carbocycles. The standard InChI is InChI=1S/C17H27NO2/c19-15-3-1-2-14(7-15)18-16(20)17-8-11-4-12(9-17)6-13(5-11)10-17/h11-15,19H,1-10H2,(H,18,20)/t11?,12?,13?,14-,15+,17?/m0/s1. The highest BCUT2D eigenvalue weighted by Gasteiger charge is 2.54. The quantitative estimate of drug-likeness (QED) is 0.815. The predicted octanol–water partition coefficient (Wildman–Crippen LogP) is 2.62. The van der Waals surface area contributed by atoms with E-state index in [0.29, 0.717) is 5.91 Å². The van der Waals surface area contributed by atoms with Gasteiger partial charge in [0.2, 0.25) is 5.91 Å².